The molecule has 1 heterocycles. The lowest BCUT2D eigenvalue weighted by Gasteiger charge is -2.18. The molecule has 0 atom stereocenters. The molecule has 0 aliphatic carbocycles. The maximum atomic E-state index is 5.61. The first-order chi connectivity index (χ1) is 8.19. The fourth-order valence-electron chi connectivity index (χ4n) is 1.53. The van der Waals surface area contributed by atoms with Crippen molar-refractivity contribution in [2.45, 2.75) is 13.8 Å². The molecular formula is C11H19N5S. The fraction of sp³-hybridized carbons (Fsp3) is 0.545. The minimum atomic E-state index is 0.338. The van der Waals surface area contributed by atoms with Gasteiger partial charge in [-0.15, -0.1) is 5.10 Å². The molecular weight excluding hydrogens is 234 g/mol. The van der Waals surface area contributed by atoms with Crippen molar-refractivity contribution in [1.82, 2.24) is 15.1 Å². The van der Waals surface area contributed by atoms with Crippen LogP contribution in [-0.2, 0) is 0 Å². The molecule has 0 spiro atoms. The summed E-state index contributed by atoms with van der Waals surface area (Å²) in [5.74, 6) is 0.659. The minimum Gasteiger partial charge on any atom is -0.389 e. The van der Waals surface area contributed by atoms with E-state index in [4.69, 9.17) is 18.0 Å². The second-order valence-corrected chi connectivity index (χ2v) is 4.05. The van der Waals surface area contributed by atoms with Gasteiger partial charge in [0.15, 0.2) is 5.82 Å². The van der Waals surface area contributed by atoms with E-state index in [2.05, 4.69) is 34.3 Å². The molecule has 0 fully saturated rings. The van der Waals surface area contributed by atoms with Crippen molar-refractivity contribution in [2.75, 3.05) is 31.5 Å². The van der Waals surface area contributed by atoms with Gasteiger partial charge in [-0.1, -0.05) is 26.1 Å². The molecule has 0 amide bonds. The van der Waals surface area contributed by atoms with Gasteiger partial charge in [0.25, 0.3) is 0 Å². The maximum Gasteiger partial charge on any atom is 0.158 e. The van der Waals surface area contributed by atoms with E-state index in [0.717, 1.165) is 31.7 Å². The summed E-state index contributed by atoms with van der Waals surface area (Å²) < 4.78 is 0. The third kappa shape index (κ3) is 4.24. The van der Waals surface area contributed by atoms with E-state index >= 15 is 0 Å². The van der Waals surface area contributed by atoms with Crippen LogP contribution in [0, 0.1) is 0 Å². The highest BCUT2D eigenvalue weighted by Gasteiger charge is 2.06. The molecule has 0 saturated carbocycles. The Morgan fingerprint density at radius 1 is 1.47 bits per heavy atom. The Kier molecular flexibility index (Phi) is 5.79. The Bertz CT molecular complexity index is 365. The normalized spacial score (nSPS) is 10.5. The molecule has 0 saturated heterocycles. The highest BCUT2D eigenvalue weighted by molar-refractivity contribution is 7.80. The van der Waals surface area contributed by atoms with Crippen molar-refractivity contribution in [3.63, 3.8) is 0 Å². The Balaban J connectivity index is 2.54. The van der Waals surface area contributed by atoms with Gasteiger partial charge in [0, 0.05) is 13.1 Å². The molecule has 0 radical (unpaired) electrons. The van der Waals surface area contributed by atoms with E-state index in [9.17, 15) is 0 Å². The number of hydrogen-bond acceptors (Lipinski definition) is 5. The maximum absolute atomic E-state index is 5.61. The molecule has 94 valence electrons. The van der Waals surface area contributed by atoms with Crippen LogP contribution < -0.4 is 11.1 Å². The second kappa shape index (κ2) is 7.13. The molecule has 0 aliphatic rings. The number of anilines is 1. The third-order valence-corrected chi connectivity index (χ3v) is 2.82. The van der Waals surface area contributed by atoms with Gasteiger partial charge in [-0.05, 0) is 19.2 Å². The molecule has 0 unspecified atom stereocenters. The highest BCUT2D eigenvalue weighted by atomic mass is 32.1. The zero-order chi connectivity index (χ0) is 12.7. The average molecular weight is 253 g/mol. The number of nitrogens with zero attached hydrogens (tertiary/aromatic N) is 3. The molecule has 0 aliphatic heterocycles. The number of nitrogens with two attached hydrogens (primary N) is 1. The van der Waals surface area contributed by atoms with Gasteiger partial charge in [0.05, 0.1) is 11.8 Å². The molecule has 6 heteroatoms. The Hall–Kier alpha value is -1.27. The van der Waals surface area contributed by atoms with Gasteiger partial charge in [-0.3, -0.25) is 0 Å². The number of likely N-dealkylation sites (N-methyl/N-ethyl adjacent to an activating group) is 1. The SMILES string of the molecule is CCN(CC)CCNc1nnccc1C(N)=S. The summed E-state index contributed by atoms with van der Waals surface area (Å²) in [4.78, 5) is 2.66. The summed E-state index contributed by atoms with van der Waals surface area (Å²) >= 11 is 4.96. The Morgan fingerprint density at radius 2 is 2.18 bits per heavy atom. The summed E-state index contributed by atoms with van der Waals surface area (Å²) in [7, 11) is 0. The monoisotopic (exact) mass is 253 g/mol. The number of aromatic nitrogens is 2. The van der Waals surface area contributed by atoms with Crippen LogP contribution in [0.3, 0.4) is 0 Å². The van der Waals surface area contributed by atoms with Crippen LogP contribution >= 0.6 is 12.2 Å². The van der Waals surface area contributed by atoms with Crippen LogP contribution in [0.15, 0.2) is 12.3 Å². The summed E-state index contributed by atoms with van der Waals surface area (Å²) in [6.45, 7) is 8.14. The van der Waals surface area contributed by atoms with Crippen LogP contribution in [0.4, 0.5) is 5.82 Å². The van der Waals surface area contributed by atoms with E-state index in [1.165, 1.54) is 0 Å². The lowest BCUT2D eigenvalue weighted by atomic mass is 10.3. The zero-order valence-electron chi connectivity index (χ0n) is 10.3. The molecule has 1 aromatic heterocycles. The number of nitrogens with one attached hydrogen (secondary N) is 1. The molecule has 17 heavy (non-hydrogen) atoms. The molecule has 1 rings (SSSR count). The van der Waals surface area contributed by atoms with Gasteiger partial charge in [0.2, 0.25) is 0 Å². The zero-order valence-corrected chi connectivity index (χ0v) is 11.1. The van der Waals surface area contributed by atoms with Crippen molar-refractivity contribution in [3.05, 3.63) is 17.8 Å². The Labute approximate surface area is 107 Å². The first-order valence-corrected chi connectivity index (χ1v) is 6.17. The molecule has 3 N–H and O–H groups in total. The number of rotatable bonds is 7. The van der Waals surface area contributed by atoms with Crippen molar-refractivity contribution in [2.24, 2.45) is 5.73 Å². The van der Waals surface area contributed by atoms with E-state index in [1.54, 1.807) is 12.3 Å². The van der Waals surface area contributed by atoms with Crippen LogP contribution in [0.2, 0.25) is 0 Å². The first kappa shape index (κ1) is 13.8. The summed E-state index contributed by atoms with van der Waals surface area (Å²) in [5.41, 5.74) is 6.36. The van der Waals surface area contributed by atoms with Crippen LogP contribution in [0.25, 0.3) is 0 Å². The van der Waals surface area contributed by atoms with Gasteiger partial charge in [-0.2, -0.15) is 5.10 Å². The summed E-state index contributed by atoms with van der Waals surface area (Å²) in [6, 6.07) is 1.77. The van der Waals surface area contributed by atoms with Crippen molar-refractivity contribution in [1.29, 1.82) is 0 Å². The largest absolute Gasteiger partial charge is 0.389 e. The van der Waals surface area contributed by atoms with E-state index in [0.29, 0.717) is 10.8 Å². The van der Waals surface area contributed by atoms with Crippen LogP contribution in [0.5, 0.6) is 0 Å². The van der Waals surface area contributed by atoms with E-state index in [-0.39, 0.29) is 0 Å². The van der Waals surface area contributed by atoms with Gasteiger partial charge in [-0.25, -0.2) is 0 Å². The lowest BCUT2D eigenvalue weighted by molar-refractivity contribution is 0.316. The van der Waals surface area contributed by atoms with Crippen molar-refractivity contribution < 1.29 is 0 Å². The topological polar surface area (TPSA) is 67.1 Å². The van der Waals surface area contributed by atoms with Crippen LogP contribution in [-0.4, -0.2) is 46.3 Å². The minimum absolute atomic E-state index is 0.338. The standard InChI is InChI=1S/C11H19N5S/c1-3-16(4-2)8-7-13-11-9(10(12)17)5-6-14-15-11/h5-6H,3-4,7-8H2,1-2H3,(H2,12,17)(H,13,15). The van der Waals surface area contributed by atoms with Gasteiger partial charge >= 0.3 is 0 Å². The predicted octanol–water partition coefficient (Wildman–Crippen LogP) is 0.864. The van der Waals surface area contributed by atoms with E-state index < -0.39 is 0 Å². The number of thiocarbonyl (C=S) groups is 1. The fourth-order valence-corrected chi connectivity index (χ4v) is 1.70. The molecule has 5 nitrogen and oxygen atoms in total. The second-order valence-electron chi connectivity index (χ2n) is 3.61. The predicted molar refractivity (Wildman–Crippen MR) is 74.2 cm³/mol. The van der Waals surface area contributed by atoms with Gasteiger partial charge in [0.1, 0.15) is 4.99 Å². The lowest BCUT2D eigenvalue weighted by Crippen LogP contribution is -2.29. The smallest absolute Gasteiger partial charge is 0.158 e. The van der Waals surface area contributed by atoms with Gasteiger partial charge < -0.3 is 16.0 Å². The highest BCUT2D eigenvalue weighted by Crippen LogP contribution is 2.09. The molecule has 1 aromatic rings. The average Bonchev–Trinajstić information content (AvgIpc) is 2.35. The van der Waals surface area contributed by atoms with E-state index in [1.807, 2.05) is 0 Å². The first-order valence-electron chi connectivity index (χ1n) is 5.76. The number of hydrogen-bond donors (Lipinski definition) is 2. The Morgan fingerprint density at radius 3 is 2.76 bits per heavy atom. The van der Waals surface area contributed by atoms with Crippen LogP contribution in [0.1, 0.15) is 19.4 Å². The molecule has 0 aromatic carbocycles. The third-order valence-electron chi connectivity index (χ3n) is 2.60. The van der Waals surface area contributed by atoms with Crippen molar-refractivity contribution >= 4 is 23.0 Å². The molecule has 0 bridgehead atoms. The quantitative estimate of drug-likeness (QED) is 0.703. The summed E-state index contributed by atoms with van der Waals surface area (Å²) in [6.07, 6.45) is 1.59. The van der Waals surface area contributed by atoms with Crippen molar-refractivity contribution in [3.8, 4) is 0 Å². The summed E-state index contributed by atoms with van der Waals surface area (Å²) in [5, 5.41) is 11.0.